The van der Waals surface area contributed by atoms with Crippen LogP contribution in [0.3, 0.4) is 0 Å². The van der Waals surface area contributed by atoms with E-state index in [2.05, 4.69) is 0 Å². The summed E-state index contributed by atoms with van der Waals surface area (Å²) in [6.45, 7) is 1.35. The number of sulfonamides is 1. The molecule has 0 N–H and O–H groups in total. The summed E-state index contributed by atoms with van der Waals surface area (Å²) in [5.74, 6) is 1.29. The van der Waals surface area contributed by atoms with Crippen LogP contribution in [0.25, 0.3) is 0 Å². The summed E-state index contributed by atoms with van der Waals surface area (Å²) in [5, 5.41) is 0.565. The zero-order valence-electron chi connectivity index (χ0n) is 11.5. The molecule has 0 aromatic heterocycles. The highest BCUT2D eigenvalue weighted by Gasteiger charge is 2.36. The highest BCUT2D eigenvalue weighted by atomic mass is 35.5. The Morgan fingerprint density at radius 3 is 2.35 bits per heavy atom. The molecular formula is C15H20ClNO2S. The summed E-state index contributed by atoms with van der Waals surface area (Å²) in [4.78, 5) is 0.358. The third kappa shape index (κ3) is 2.74. The number of benzene rings is 1. The zero-order valence-corrected chi connectivity index (χ0v) is 13.0. The van der Waals surface area contributed by atoms with Crippen LogP contribution >= 0.6 is 11.6 Å². The highest BCUT2D eigenvalue weighted by Crippen LogP contribution is 2.37. The van der Waals surface area contributed by atoms with Crippen LogP contribution in [-0.4, -0.2) is 25.8 Å². The standard InChI is InChI=1S/C15H20ClNO2S/c16-14-5-7-15(8-6-14)20(18,19)17-10-9-12-3-1-2-4-13(12)11-17/h5-8,12-13H,1-4,9-11H2/t12-,13+/m1/s1. The molecule has 20 heavy (non-hydrogen) atoms. The number of hydrogen-bond donors (Lipinski definition) is 0. The zero-order chi connectivity index (χ0) is 14.2. The third-order valence-corrected chi connectivity index (χ3v) is 6.84. The van der Waals surface area contributed by atoms with Gasteiger partial charge in [-0.15, -0.1) is 0 Å². The molecule has 3 nitrogen and oxygen atoms in total. The van der Waals surface area contributed by atoms with Crippen LogP contribution in [0.2, 0.25) is 5.02 Å². The lowest BCUT2D eigenvalue weighted by molar-refractivity contribution is 0.136. The maximum Gasteiger partial charge on any atom is 0.243 e. The van der Waals surface area contributed by atoms with Gasteiger partial charge < -0.3 is 0 Å². The van der Waals surface area contributed by atoms with Crippen LogP contribution in [0.4, 0.5) is 0 Å². The fourth-order valence-corrected chi connectivity index (χ4v) is 5.18. The SMILES string of the molecule is O=S(=O)(c1ccc(Cl)cc1)N1CC[C@H]2CCCC[C@H]2C1. The molecule has 5 heteroatoms. The Bertz CT molecular complexity index is 570. The molecule has 3 rings (SSSR count). The average molecular weight is 314 g/mol. The summed E-state index contributed by atoms with van der Waals surface area (Å²) in [6.07, 6.45) is 6.02. The van der Waals surface area contributed by atoms with Crippen molar-refractivity contribution in [3.63, 3.8) is 0 Å². The third-order valence-electron chi connectivity index (χ3n) is 4.71. The average Bonchev–Trinajstić information content (AvgIpc) is 2.47. The molecular weight excluding hydrogens is 294 g/mol. The number of halogens is 1. The summed E-state index contributed by atoms with van der Waals surface area (Å²) >= 11 is 5.83. The van der Waals surface area contributed by atoms with Crippen LogP contribution in [0.5, 0.6) is 0 Å². The predicted molar refractivity (Wildman–Crippen MR) is 80.3 cm³/mol. The largest absolute Gasteiger partial charge is 0.243 e. The van der Waals surface area contributed by atoms with Gasteiger partial charge in [-0.1, -0.05) is 30.9 Å². The van der Waals surface area contributed by atoms with Crippen molar-refractivity contribution in [3.05, 3.63) is 29.3 Å². The Labute approximate surface area is 126 Å². The lowest BCUT2D eigenvalue weighted by Crippen LogP contribution is -2.44. The molecule has 2 aliphatic rings. The molecule has 1 aromatic rings. The van der Waals surface area contributed by atoms with E-state index >= 15 is 0 Å². The minimum atomic E-state index is -3.35. The molecule has 1 aromatic carbocycles. The summed E-state index contributed by atoms with van der Waals surface area (Å²) < 4.78 is 27.0. The van der Waals surface area contributed by atoms with Crippen molar-refractivity contribution in [2.24, 2.45) is 11.8 Å². The van der Waals surface area contributed by atoms with E-state index in [0.717, 1.165) is 12.3 Å². The molecule has 0 bridgehead atoms. The lowest BCUT2D eigenvalue weighted by Gasteiger charge is -2.40. The van der Waals surface area contributed by atoms with E-state index in [9.17, 15) is 8.42 Å². The van der Waals surface area contributed by atoms with E-state index in [4.69, 9.17) is 11.6 Å². The van der Waals surface area contributed by atoms with Gasteiger partial charge in [-0.2, -0.15) is 4.31 Å². The highest BCUT2D eigenvalue weighted by molar-refractivity contribution is 7.89. The fraction of sp³-hybridized carbons (Fsp3) is 0.600. The minimum Gasteiger partial charge on any atom is -0.207 e. The molecule has 1 saturated heterocycles. The molecule has 1 aliphatic carbocycles. The Morgan fingerprint density at radius 2 is 1.65 bits per heavy atom. The molecule has 0 unspecified atom stereocenters. The first kappa shape index (κ1) is 14.4. The van der Waals surface area contributed by atoms with E-state index in [1.165, 1.54) is 25.7 Å². The molecule has 2 atom stereocenters. The van der Waals surface area contributed by atoms with E-state index in [-0.39, 0.29) is 0 Å². The quantitative estimate of drug-likeness (QED) is 0.837. The van der Waals surface area contributed by atoms with Gasteiger partial charge in [0.2, 0.25) is 10.0 Å². The molecule has 0 spiro atoms. The fourth-order valence-electron chi connectivity index (χ4n) is 3.54. The van der Waals surface area contributed by atoms with Crippen LogP contribution < -0.4 is 0 Å². The summed E-state index contributed by atoms with van der Waals surface area (Å²) in [7, 11) is -3.35. The second-order valence-corrected chi connectivity index (χ2v) is 8.28. The predicted octanol–water partition coefficient (Wildman–Crippen LogP) is 3.54. The first-order chi connectivity index (χ1) is 9.57. The maximum atomic E-state index is 12.7. The van der Waals surface area contributed by atoms with Gasteiger partial charge in [0, 0.05) is 18.1 Å². The second-order valence-electron chi connectivity index (χ2n) is 5.91. The van der Waals surface area contributed by atoms with Gasteiger partial charge in [-0.3, -0.25) is 0 Å². The molecule has 2 fully saturated rings. The number of nitrogens with zero attached hydrogens (tertiary/aromatic N) is 1. The van der Waals surface area contributed by atoms with Gasteiger partial charge >= 0.3 is 0 Å². The maximum absolute atomic E-state index is 12.7. The number of piperidine rings is 1. The molecule has 1 aliphatic heterocycles. The van der Waals surface area contributed by atoms with Gasteiger partial charge in [-0.25, -0.2) is 8.42 Å². The van der Waals surface area contributed by atoms with Gasteiger partial charge in [-0.05, 0) is 48.9 Å². The number of rotatable bonds is 2. The lowest BCUT2D eigenvalue weighted by atomic mass is 9.76. The Balaban J connectivity index is 1.79. The topological polar surface area (TPSA) is 37.4 Å². The Morgan fingerprint density at radius 1 is 1.00 bits per heavy atom. The van der Waals surface area contributed by atoms with Crippen molar-refractivity contribution < 1.29 is 8.42 Å². The van der Waals surface area contributed by atoms with Crippen LogP contribution in [0.1, 0.15) is 32.1 Å². The van der Waals surface area contributed by atoms with E-state index in [1.807, 2.05) is 0 Å². The van der Waals surface area contributed by atoms with Crippen LogP contribution in [0.15, 0.2) is 29.2 Å². The summed E-state index contributed by atoms with van der Waals surface area (Å²) in [5.41, 5.74) is 0. The van der Waals surface area contributed by atoms with Gasteiger partial charge in [0.15, 0.2) is 0 Å². The van der Waals surface area contributed by atoms with Gasteiger partial charge in [0.25, 0.3) is 0 Å². The first-order valence-corrected chi connectivity index (χ1v) is 9.15. The van der Waals surface area contributed by atoms with Crippen molar-refractivity contribution in [1.29, 1.82) is 0 Å². The van der Waals surface area contributed by atoms with Crippen LogP contribution in [-0.2, 0) is 10.0 Å². The van der Waals surface area contributed by atoms with Crippen molar-refractivity contribution >= 4 is 21.6 Å². The number of fused-ring (bicyclic) bond motifs is 1. The number of hydrogen-bond acceptors (Lipinski definition) is 2. The van der Waals surface area contributed by atoms with Gasteiger partial charge in [0.05, 0.1) is 4.90 Å². The smallest absolute Gasteiger partial charge is 0.207 e. The van der Waals surface area contributed by atoms with Gasteiger partial charge in [0.1, 0.15) is 0 Å². The van der Waals surface area contributed by atoms with Crippen molar-refractivity contribution in [3.8, 4) is 0 Å². The van der Waals surface area contributed by atoms with Crippen molar-refractivity contribution in [2.45, 2.75) is 37.0 Å². The summed E-state index contributed by atoms with van der Waals surface area (Å²) in [6, 6.07) is 6.48. The monoisotopic (exact) mass is 313 g/mol. The molecule has 0 radical (unpaired) electrons. The van der Waals surface area contributed by atoms with E-state index < -0.39 is 10.0 Å². The van der Waals surface area contributed by atoms with Crippen LogP contribution in [0, 0.1) is 11.8 Å². The molecule has 110 valence electrons. The molecule has 0 amide bonds. The minimum absolute atomic E-state index is 0.358. The first-order valence-electron chi connectivity index (χ1n) is 7.33. The second kappa shape index (κ2) is 5.66. The molecule has 1 heterocycles. The normalized spacial score (nSPS) is 28.1. The van der Waals surface area contributed by atoms with E-state index in [1.54, 1.807) is 28.6 Å². The van der Waals surface area contributed by atoms with Crippen molar-refractivity contribution in [2.75, 3.05) is 13.1 Å². The Kier molecular flexibility index (Phi) is 4.07. The Hall–Kier alpha value is -0.580. The molecule has 1 saturated carbocycles. The van der Waals surface area contributed by atoms with E-state index in [0.29, 0.717) is 28.9 Å². The van der Waals surface area contributed by atoms with Crippen molar-refractivity contribution in [1.82, 2.24) is 4.31 Å².